The number of para-hydroxylation sites is 1. The van der Waals surface area contributed by atoms with Gasteiger partial charge in [-0.15, -0.1) is 11.3 Å². The lowest BCUT2D eigenvalue weighted by atomic mass is 10.3. The molecule has 0 spiro atoms. The van der Waals surface area contributed by atoms with Gasteiger partial charge in [0, 0.05) is 17.6 Å². The Kier molecular flexibility index (Phi) is 3.77. The van der Waals surface area contributed by atoms with E-state index in [0.29, 0.717) is 6.54 Å². The third-order valence-electron chi connectivity index (χ3n) is 2.44. The first-order valence-electron chi connectivity index (χ1n) is 5.36. The molecule has 4 heteroatoms. The Hall–Kier alpha value is -1.81. The predicted molar refractivity (Wildman–Crippen MR) is 71.4 cm³/mol. The average Bonchev–Trinajstić information content (AvgIpc) is 2.89. The Morgan fingerprint density at radius 1 is 1.24 bits per heavy atom. The van der Waals surface area contributed by atoms with Crippen LogP contribution >= 0.6 is 11.3 Å². The minimum Gasteiger partial charge on any atom is -0.333 e. The first-order valence-corrected chi connectivity index (χ1v) is 6.24. The molecule has 2 rings (SSSR count). The molecule has 3 nitrogen and oxygen atoms in total. The molecule has 2 aromatic rings. The molecule has 88 valence electrons. The third kappa shape index (κ3) is 3.07. The van der Waals surface area contributed by atoms with Crippen molar-refractivity contribution in [2.75, 3.05) is 11.9 Å². The summed E-state index contributed by atoms with van der Waals surface area (Å²) in [5.41, 5.74) is 0.885. The van der Waals surface area contributed by atoms with Gasteiger partial charge in [0.2, 0.25) is 0 Å². The first-order chi connectivity index (χ1) is 8.27. The predicted octanol–water partition coefficient (Wildman–Crippen LogP) is 3.09. The molecule has 0 unspecified atom stereocenters. The minimum absolute atomic E-state index is 0.0930. The van der Waals surface area contributed by atoms with E-state index < -0.39 is 0 Å². The molecule has 0 bridgehead atoms. The number of anilines is 1. The number of hydrogen-bond acceptors (Lipinski definition) is 2. The largest absolute Gasteiger partial charge is 0.333 e. The number of carbonyl (C=O) groups is 1. The number of benzene rings is 1. The summed E-state index contributed by atoms with van der Waals surface area (Å²) in [7, 11) is 1.76. The Morgan fingerprint density at radius 3 is 2.65 bits per heavy atom. The highest BCUT2D eigenvalue weighted by Crippen LogP contribution is 2.12. The highest BCUT2D eigenvalue weighted by Gasteiger charge is 2.09. The van der Waals surface area contributed by atoms with Gasteiger partial charge in [-0.2, -0.15) is 0 Å². The smallest absolute Gasteiger partial charge is 0.321 e. The van der Waals surface area contributed by atoms with Crippen molar-refractivity contribution in [2.45, 2.75) is 6.54 Å². The van der Waals surface area contributed by atoms with Crippen molar-refractivity contribution in [3.05, 3.63) is 52.7 Å². The quantitative estimate of drug-likeness (QED) is 0.886. The summed E-state index contributed by atoms with van der Waals surface area (Å²) < 4.78 is 0. The van der Waals surface area contributed by atoms with Gasteiger partial charge in [-0.3, -0.25) is 4.90 Å². The van der Waals surface area contributed by atoms with Crippen LogP contribution in [0.4, 0.5) is 10.5 Å². The molecule has 0 aliphatic rings. The molecule has 0 aliphatic carbocycles. The van der Waals surface area contributed by atoms with Crippen LogP contribution in [0.2, 0.25) is 0 Å². The Morgan fingerprint density at radius 2 is 2.00 bits per heavy atom. The normalized spacial score (nSPS) is 9.94. The second-order valence-corrected chi connectivity index (χ2v) is 4.66. The van der Waals surface area contributed by atoms with Crippen LogP contribution in [0.3, 0.4) is 0 Å². The summed E-state index contributed by atoms with van der Waals surface area (Å²) in [6.07, 6.45) is 0. The second kappa shape index (κ2) is 5.50. The minimum atomic E-state index is -0.0930. The van der Waals surface area contributed by atoms with Crippen molar-refractivity contribution >= 4 is 23.1 Å². The van der Waals surface area contributed by atoms with Crippen molar-refractivity contribution in [3.63, 3.8) is 0 Å². The zero-order chi connectivity index (χ0) is 12.1. The summed E-state index contributed by atoms with van der Waals surface area (Å²) >= 11 is 1.64. The molecule has 0 saturated carbocycles. The molecule has 0 saturated heterocycles. The Bertz CT molecular complexity index is 467. The van der Waals surface area contributed by atoms with Crippen LogP contribution < -0.4 is 10.2 Å². The van der Waals surface area contributed by atoms with Crippen molar-refractivity contribution in [2.24, 2.45) is 0 Å². The number of rotatable bonds is 3. The van der Waals surface area contributed by atoms with Crippen molar-refractivity contribution in [1.82, 2.24) is 5.32 Å². The molecule has 0 fully saturated rings. The van der Waals surface area contributed by atoms with Crippen LogP contribution in [-0.4, -0.2) is 13.1 Å². The summed E-state index contributed by atoms with van der Waals surface area (Å²) in [5.74, 6) is 0. The Balaban J connectivity index is 1.92. The molecular formula is C13H14N2OS. The van der Waals surface area contributed by atoms with Crippen LogP contribution in [0, 0.1) is 0 Å². The van der Waals surface area contributed by atoms with E-state index in [1.54, 1.807) is 23.3 Å². The number of urea groups is 1. The van der Waals surface area contributed by atoms with Crippen molar-refractivity contribution in [3.8, 4) is 0 Å². The fraction of sp³-hybridized carbons (Fsp3) is 0.154. The maximum absolute atomic E-state index is 11.9. The monoisotopic (exact) mass is 246 g/mol. The van der Waals surface area contributed by atoms with E-state index in [4.69, 9.17) is 0 Å². The average molecular weight is 246 g/mol. The summed E-state index contributed by atoms with van der Waals surface area (Å²) in [6, 6.07) is 13.5. The maximum Gasteiger partial charge on any atom is 0.321 e. The van der Waals surface area contributed by atoms with Crippen LogP contribution in [0.1, 0.15) is 4.88 Å². The van der Waals surface area contributed by atoms with Crippen LogP contribution in [0.25, 0.3) is 0 Å². The lowest BCUT2D eigenvalue weighted by molar-refractivity contribution is 0.247. The number of amides is 2. The van der Waals surface area contributed by atoms with E-state index in [1.165, 1.54) is 0 Å². The highest BCUT2D eigenvalue weighted by molar-refractivity contribution is 7.09. The van der Waals surface area contributed by atoms with Gasteiger partial charge in [0.05, 0.1) is 6.54 Å². The Labute approximate surface area is 105 Å². The van der Waals surface area contributed by atoms with Gasteiger partial charge in [0.25, 0.3) is 0 Å². The van der Waals surface area contributed by atoms with E-state index in [0.717, 1.165) is 10.6 Å². The zero-order valence-electron chi connectivity index (χ0n) is 9.59. The number of carbonyl (C=O) groups excluding carboxylic acids is 1. The van der Waals surface area contributed by atoms with Gasteiger partial charge in [0.15, 0.2) is 0 Å². The van der Waals surface area contributed by atoms with Crippen LogP contribution in [-0.2, 0) is 6.54 Å². The highest BCUT2D eigenvalue weighted by atomic mass is 32.1. The van der Waals surface area contributed by atoms with Gasteiger partial charge in [-0.05, 0) is 23.6 Å². The first kappa shape index (κ1) is 11.7. The standard InChI is InChI=1S/C13H14N2OS/c1-15(11-6-3-2-4-7-11)13(16)14-10-12-8-5-9-17-12/h2-9H,10H2,1H3,(H,14,16). The molecule has 17 heavy (non-hydrogen) atoms. The van der Waals surface area contributed by atoms with Gasteiger partial charge in [-0.1, -0.05) is 24.3 Å². The molecule has 1 heterocycles. The van der Waals surface area contributed by atoms with Crippen LogP contribution in [0.5, 0.6) is 0 Å². The van der Waals surface area contributed by atoms with Gasteiger partial charge in [-0.25, -0.2) is 4.79 Å². The topological polar surface area (TPSA) is 32.3 Å². The van der Waals surface area contributed by atoms with E-state index in [1.807, 2.05) is 47.8 Å². The lowest BCUT2D eigenvalue weighted by Gasteiger charge is -2.17. The van der Waals surface area contributed by atoms with Crippen molar-refractivity contribution < 1.29 is 4.79 Å². The second-order valence-electron chi connectivity index (χ2n) is 3.63. The van der Waals surface area contributed by atoms with Gasteiger partial charge in [0.1, 0.15) is 0 Å². The maximum atomic E-state index is 11.9. The zero-order valence-corrected chi connectivity index (χ0v) is 10.4. The molecule has 0 aliphatic heterocycles. The molecule has 0 atom stereocenters. The SMILES string of the molecule is CN(C(=O)NCc1cccs1)c1ccccc1. The molecule has 2 amide bonds. The van der Waals surface area contributed by atoms with Crippen molar-refractivity contribution in [1.29, 1.82) is 0 Å². The number of nitrogens with zero attached hydrogens (tertiary/aromatic N) is 1. The lowest BCUT2D eigenvalue weighted by Crippen LogP contribution is -2.36. The number of hydrogen-bond donors (Lipinski definition) is 1. The van der Waals surface area contributed by atoms with E-state index in [9.17, 15) is 4.79 Å². The number of nitrogens with one attached hydrogen (secondary N) is 1. The molecular weight excluding hydrogens is 232 g/mol. The molecule has 0 radical (unpaired) electrons. The van der Waals surface area contributed by atoms with Gasteiger partial charge >= 0.3 is 6.03 Å². The summed E-state index contributed by atoms with van der Waals surface area (Å²) in [4.78, 5) is 14.6. The fourth-order valence-corrected chi connectivity index (χ4v) is 2.11. The summed E-state index contributed by atoms with van der Waals surface area (Å²) in [5, 5.41) is 4.88. The summed E-state index contributed by atoms with van der Waals surface area (Å²) in [6.45, 7) is 0.577. The van der Waals surface area contributed by atoms with E-state index in [-0.39, 0.29) is 6.03 Å². The van der Waals surface area contributed by atoms with Gasteiger partial charge < -0.3 is 5.32 Å². The molecule has 1 N–H and O–H groups in total. The number of thiophene rings is 1. The molecule has 1 aromatic carbocycles. The van der Waals surface area contributed by atoms with E-state index in [2.05, 4.69) is 5.32 Å². The third-order valence-corrected chi connectivity index (χ3v) is 3.32. The fourth-order valence-electron chi connectivity index (χ4n) is 1.46. The van der Waals surface area contributed by atoms with E-state index >= 15 is 0 Å². The molecule has 1 aromatic heterocycles. The van der Waals surface area contributed by atoms with Crippen LogP contribution in [0.15, 0.2) is 47.8 Å².